The van der Waals surface area contributed by atoms with Crippen LogP contribution in [0.2, 0.25) is 0 Å². The average Bonchev–Trinajstić information content (AvgIpc) is 3.64. The molecule has 0 bridgehead atoms. The Morgan fingerprint density at radius 1 is 0.316 bits per heavy atom. The molecule has 0 radical (unpaired) electrons. The van der Waals surface area contributed by atoms with Gasteiger partial charge < -0.3 is 4.57 Å². The number of aromatic nitrogens is 4. The molecule has 2 aromatic heterocycles. The fourth-order valence-corrected chi connectivity index (χ4v) is 9.05. The van der Waals surface area contributed by atoms with Crippen LogP contribution in [0.5, 0.6) is 0 Å². The molecule has 0 unspecified atom stereocenters. The normalized spacial score (nSPS) is 11.9. The first-order valence-corrected chi connectivity index (χ1v) is 19.4. The second-order valence-corrected chi connectivity index (χ2v) is 14.7. The number of benzene rings is 10. The van der Waals surface area contributed by atoms with E-state index >= 15 is 0 Å². The molecule has 0 atom stereocenters. The Morgan fingerprint density at radius 3 is 1.61 bits per heavy atom. The number of hydrogen-bond acceptors (Lipinski definition) is 3. The van der Waals surface area contributed by atoms with E-state index in [1.807, 2.05) is 18.2 Å². The molecule has 0 saturated heterocycles. The summed E-state index contributed by atoms with van der Waals surface area (Å²) in [5.41, 5.74) is 6.31. The summed E-state index contributed by atoms with van der Waals surface area (Å²) in [6, 6.07) is 69.1. The number of rotatable bonds is 4. The highest BCUT2D eigenvalue weighted by Gasteiger charge is 2.21. The number of para-hydroxylation sites is 1. The molecule has 0 fully saturated rings. The lowest BCUT2D eigenvalue weighted by Crippen LogP contribution is -2.01. The standard InChI is InChI=1S/C53H32N4/c1-2-15-34(16-3-1)51-54-52(56-53(55-51)46-32-36-17-5-6-18-38(36)40-20-8-9-21-41(40)46)35-26-29-37(30-27-35)57-47-25-13-12-24-45(47)49-48-39-19-7-4-14-33(39)28-31-43(48)42-22-10-11-23-44(42)50(49)57/h1-32H. The van der Waals surface area contributed by atoms with E-state index in [9.17, 15) is 0 Å². The third-order valence-electron chi connectivity index (χ3n) is 11.6. The summed E-state index contributed by atoms with van der Waals surface area (Å²) in [5.74, 6) is 1.93. The van der Waals surface area contributed by atoms with E-state index in [4.69, 9.17) is 15.0 Å². The first-order valence-electron chi connectivity index (χ1n) is 19.4. The van der Waals surface area contributed by atoms with Gasteiger partial charge in [-0.05, 0) is 79.5 Å². The minimum absolute atomic E-state index is 0.632. The molecule has 0 saturated carbocycles. The fourth-order valence-electron chi connectivity index (χ4n) is 9.05. The van der Waals surface area contributed by atoms with E-state index < -0.39 is 0 Å². The zero-order chi connectivity index (χ0) is 37.5. The first-order chi connectivity index (χ1) is 28.3. The van der Waals surface area contributed by atoms with Gasteiger partial charge >= 0.3 is 0 Å². The molecule has 0 amide bonds. The molecule has 0 spiro atoms. The van der Waals surface area contributed by atoms with Crippen molar-refractivity contribution in [1.29, 1.82) is 0 Å². The van der Waals surface area contributed by atoms with Crippen molar-refractivity contribution in [2.24, 2.45) is 0 Å². The van der Waals surface area contributed by atoms with Crippen molar-refractivity contribution < 1.29 is 0 Å². The van der Waals surface area contributed by atoms with Crippen molar-refractivity contribution in [2.75, 3.05) is 0 Å². The number of hydrogen-bond donors (Lipinski definition) is 0. The Kier molecular flexibility index (Phi) is 6.89. The first kappa shape index (κ1) is 31.6. The zero-order valence-corrected chi connectivity index (χ0v) is 30.8. The molecule has 0 aliphatic heterocycles. The molecule has 12 aromatic rings. The van der Waals surface area contributed by atoms with Gasteiger partial charge in [0.25, 0.3) is 0 Å². The van der Waals surface area contributed by atoms with Crippen molar-refractivity contribution >= 4 is 75.7 Å². The zero-order valence-electron chi connectivity index (χ0n) is 30.8. The van der Waals surface area contributed by atoms with Crippen molar-refractivity contribution in [3.8, 4) is 39.9 Å². The van der Waals surface area contributed by atoms with Gasteiger partial charge in [0.1, 0.15) is 0 Å². The van der Waals surface area contributed by atoms with E-state index in [-0.39, 0.29) is 0 Å². The van der Waals surface area contributed by atoms with E-state index in [0.29, 0.717) is 17.5 Å². The van der Waals surface area contributed by atoms with Crippen LogP contribution >= 0.6 is 0 Å². The summed E-state index contributed by atoms with van der Waals surface area (Å²) >= 11 is 0. The predicted octanol–water partition coefficient (Wildman–Crippen LogP) is 13.7. The third kappa shape index (κ3) is 4.84. The van der Waals surface area contributed by atoms with Gasteiger partial charge in [-0.2, -0.15) is 0 Å². The number of fused-ring (bicyclic) bond motifs is 13. The topological polar surface area (TPSA) is 43.6 Å². The van der Waals surface area contributed by atoms with Crippen LogP contribution in [-0.4, -0.2) is 19.5 Å². The van der Waals surface area contributed by atoms with Gasteiger partial charge in [-0.1, -0.05) is 158 Å². The molecular formula is C53H32N4. The van der Waals surface area contributed by atoms with Crippen LogP contribution in [0.3, 0.4) is 0 Å². The van der Waals surface area contributed by atoms with Crippen LogP contribution in [0.4, 0.5) is 0 Å². The Hall–Kier alpha value is -7.69. The van der Waals surface area contributed by atoms with Crippen molar-refractivity contribution in [3.63, 3.8) is 0 Å². The monoisotopic (exact) mass is 724 g/mol. The van der Waals surface area contributed by atoms with Crippen LogP contribution in [0, 0.1) is 0 Å². The maximum atomic E-state index is 5.22. The van der Waals surface area contributed by atoms with Gasteiger partial charge in [-0.25, -0.2) is 15.0 Å². The maximum absolute atomic E-state index is 5.22. The molecular weight excluding hydrogens is 693 g/mol. The SMILES string of the molecule is c1ccc(-c2nc(-c3ccc(-n4c5ccccc5c5c6c7ccccc7ccc6c6ccccc6c54)cc3)nc(-c3cc4ccccc4c4ccccc34)n2)cc1. The lowest BCUT2D eigenvalue weighted by Gasteiger charge is -2.14. The highest BCUT2D eigenvalue weighted by Crippen LogP contribution is 2.45. The Labute approximate surface area is 328 Å². The van der Waals surface area contributed by atoms with Gasteiger partial charge in [0.2, 0.25) is 0 Å². The van der Waals surface area contributed by atoms with Crippen molar-refractivity contribution in [3.05, 3.63) is 194 Å². The molecule has 4 heteroatoms. The lowest BCUT2D eigenvalue weighted by atomic mass is 9.93. The predicted molar refractivity (Wildman–Crippen MR) is 238 cm³/mol. The molecule has 4 nitrogen and oxygen atoms in total. The summed E-state index contributed by atoms with van der Waals surface area (Å²) < 4.78 is 2.44. The quantitative estimate of drug-likeness (QED) is 0.170. The molecule has 12 rings (SSSR count). The second-order valence-electron chi connectivity index (χ2n) is 14.7. The van der Waals surface area contributed by atoms with E-state index in [2.05, 4.69) is 180 Å². The number of nitrogens with zero attached hydrogens (tertiary/aromatic N) is 4. The average molecular weight is 725 g/mol. The van der Waals surface area contributed by atoms with E-state index in [1.165, 1.54) is 64.9 Å². The van der Waals surface area contributed by atoms with E-state index in [0.717, 1.165) is 33.2 Å². The van der Waals surface area contributed by atoms with Gasteiger partial charge in [0.15, 0.2) is 17.5 Å². The molecule has 0 aliphatic carbocycles. The fraction of sp³-hybridized carbons (Fsp3) is 0. The summed E-state index contributed by atoms with van der Waals surface area (Å²) in [7, 11) is 0. The largest absolute Gasteiger partial charge is 0.309 e. The summed E-state index contributed by atoms with van der Waals surface area (Å²) in [6.45, 7) is 0. The van der Waals surface area contributed by atoms with Crippen LogP contribution in [0.25, 0.3) is 116 Å². The van der Waals surface area contributed by atoms with E-state index in [1.54, 1.807) is 0 Å². The molecule has 0 aliphatic rings. The maximum Gasteiger partial charge on any atom is 0.164 e. The smallest absolute Gasteiger partial charge is 0.164 e. The second kappa shape index (κ2) is 12.4. The van der Waals surface area contributed by atoms with Crippen LogP contribution in [0.15, 0.2) is 194 Å². The van der Waals surface area contributed by atoms with Crippen LogP contribution < -0.4 is 0 Å². The van der Waals surface area contributed by atoms with Gasteiger partial charge in [-0.3, -0.25) is 0 Å². The van der Waals surface area contributed by atoms with Crippen molar-refractivity contribution in [1.82, 2.24) is 19.5 Å². The minimum Gasteiger partial charge on any atom is -0.309 e. The van der Waals surface area contributed by atoms with Gasteiger partial charge in [0, 0.05) is 43.9 Å². The summed E-state index contributed by atoms with van der Waals surface area (Å²) in [5, 5.41) is 14.7. The molecule has 57 heavy (non-hydrogen) atoms. The Morgan fingerprint density at radius 2 is 0.860 bits per heavy atom. The van der Waals surface area contributed by atoms with Crippen molar-refractivity contribution in [2.45, 2.75) is 0 Å². The molecule has 0 N–H and O–H groups in total. The van der Waals surface area contributed by atoms with Crippen LogP contribution in [-0.2, 0) is 0 Å². The highest BCUT2D eigenvalue weighted by atomic mass is 15.0. The van der Waals surface area contributed by atoms with Gasteiger partial charge in [-0.15, -0.1) is 0 Å². The molecule has 2 heterocycles. The Balaban J connectivity index is 1.09. The summed E-state index contributed by atoms with van der Waals surface area (Å²) in [4.78, 5) is 15.5. The Bertz CT molecular complexity index is 3570. The van der Waals surface area contributed by atoms with Crippen LogP contribution in [0.1, 0.15) is 0 Å². The van der Waals surface area contributed by atoms with Gasteiger partial charge in [0.05, 0.1) is 11.0 Å². The molecule has 10 aromatic carbocycles. The third-order valence-corrected chi connectivity index (χ3v) is 11.6. The minimum atomic E-state index is 0.632. The lowest BCUT2D eigenvalue weighted by molar-refractivity contribution is 1.08. The molecule has 264 valence electrons. The summed E-state index contributed by atoms with van der Waals surface area (Å²) in [6.07, 6.45) is 0. The highest BCUT2D eigenvalue weighted by molar-refractivity contribution is 6.36.